The quantitative estimate of drug-likeness (QED) is 0.825. The maximum absolute atomic E-state index is 12.5. The zero-order valence-electron chi connectivity index (χ0n) is 12.9. The lowest BCUT2D eigenvalue weighted by atomic mass is 10.1. The standard InChI is InChI=1S/C15H17Cl2NO4S/c1-15(2,3)22-14(21)18-10(13(19)20)7-23-12(18)11-8(16)5-4-6-9(11)17/h4-6,10,12H,7H2,1-3H3,(H,19,20)/t10-,12+/m0/s1. The zero-order valence-corrected chi connectivity index (χ0v) is 15.2. The Hall–Kier alpha value is -1.11. The highest BCUT2D eigenvalue weighted by Gasteiger charge is 2.45. The molecule has 1 heterocycles. The minimum Gasteiger partial charge on any atom is -0.480 e. The number of thioether (sulfide) groups is 1. The summed E-state index contributed by atoms with van der Waals surface area (Å²) in [5.74, 6) is -0.852. The van der Waals surface area contributed by atoms with Gasteiger partial charge in [-0.1, -0.05) is 29.3 Å². The monoisotopic (exact) mass is 377 g/mol. The maximum Gasteiger partial charge on any atom is 0.412 e. The van der Waals surface area contributed by atoms with Crippen molar-refractivity contribution in [1.82, 2.24) is 4.90 Å². The fourth-order valence-electron chi connectivity index (χ4n) is 2.20. The molecule has 0 aliphatic carbocycles. The van der Waals surface area contributed by atoms with Crippen molar-refractivity contribution >= 4 is 47.0 Å². The van der Waals surface area contributed by atoms with Crippen LogP contribution in [0.25, 0.3) is 0 Å². The van der Waals surface area contributed by atoms with Gasteiger partial charge in [0.25, 0.3) is 0 Å². The number of rotatable bonds is 2. The van der Waals surface area contributed by atoms with E-state index in [1.165, 1.54) is 16.7 Å². The summed E-state index contributed by atoms with van der Waals surface area (Å²) in [6.45, 7) is 5.17. The van der Waals surface area contributed by atoms with Gasteiger partial charge >= 0.3 is 12.1 Å². The van der Waals surface area contributed by atoms with Crippen molar-refractivity contribution in [2.45, 2.75) is 37.8 Å². The molecule has 0 spiro atoms. The van der Waals surface area contributed by atoms with E-state index in [0.29, 0.717) is 15.6 Å². The molecule has 0 bridgehead atoms. The molecule has 126 valence electrons. The van der Waals surface area contributed by atoms with E-state index in [4.69, 9.17) is 27.9 Å². The van der Waals surface area contributed by atoms with Crippen LogP contribution in [-0.4, -0.2) is 39.5 Å². The van der Waals surface area contributed by atoms with Crippen LogP contribution in [0.15, 0.2) is 18.2 Å². The highest BCUT2D eigenvalue weighted by atomic mass is 35.5. The Morgan fingerprint density at radius 3 is 2.35 bits per heavy atom. The summed E-state index contributed by atoms with van der Waals surface area (Å²) in [5.41, 5.74) is -0.210. The second kappa shape index (κ2) is 6.79. The van der Waals surface area contributed by atoms with Crippen molar-refractivity contribution in [1.29, 1.82) is 0 Å². The topological polar surface area (TPSA) is 66.8 Å². The second-order valence-electron chi connectivity index (χ2n) is 6.06. The normalized spacial score (nSPS) is 21.3. The first-order valence-electron chi connectivity index (χ1n) is 6.91. The number of carbonyl (C=O) groups is 2. The molecule has 1 aliphatic rings. The largest absolute Gasteiger partial charge is 0.480 e. The van der Waals surface area contributed by atoms with Crippen molar-refractivity contribution in [3.05, 3.63) is 33.8 Å². The molecule has 2 atom stereocenters. The van der Waals surface area contributed by atoms with Gasteiger partial charge in [0.2, 0.25) is 0 Å². The average Bonchev–Trinajstić information content (AvgIpc) is 2.81. The molecule has 0 unspecified atom stereocenters. The van der Waals surface area contributed by atoms with E-state index in [0.717, 1.165) is 0 Å². The SMILES string of the molecule is CC(C)(C)OC(=O)N1[C@@H](c2c(Cl)cccc2Cl)SC[C@H]1C(=O)O. The van der Waals surface area contributed by atoms with Crippen LogP contribution in [0.1, 0.15) is 31.7 Å². The van der Waals surface area contributed by atoms with Gasteiger partial charge in [-0.25, -0.2) is 9.59 Å². The van der Waals surface area contributed by atoms with Crippen molar-refractivity contribution < 1.29 is 19.4 Å². The fourth-order valence-corrected chi connectivity index (χ4v) is 4.42. The van der Waals surface area contributed by atoms with E-state index in [2.05, 4.69) is 0 Å². The molecule has 1 amide bonds. The maximum atomic E-state index is 12.5. The molecule has 1 fully saturated rings. The third-order valence-corrected chi connectivity index (χ3v) is 5.08. The fraction of sp³-hybridized carbons (Fsp3) is 0.467. The van der Waals surface area contributed by atoms with E-state index in [1.54, 1.807) is 39.0 Å². The number of carboxylic acid groups (broad SMARTS) is 1. The van der Waals surface area contributed by atoms with Crippen LogP contribution in [0, 0.1) is 0 Å². The van der Waals surface area contributed by atoms with E-state index in [9.17, 15) is 14.7 Å². The van der Waals surface area contributed by atoms with E-state index >= 15 is 0 Å². The minimum absolute atomic E-state index is 0.237. The molecule has 1 N–H and O–H groups in total. The van der Waals surface area contributed by atoms with Crippen molar-refractivity contribution in [2.75, 3.05) is 5.75 Å². The molecular weight excluding hydrogens is 361 g/mol. The Morgan fingerprint density at radius 2 is 1.87 bits per heavy atom. The predicted molar refractivity (Wildman–Crippen MR) is 91.2 cm³/mol. The average molecular weight is 378 g/mol. The molecule has 8 heteroatoms. The van der Waals surface area contributed by atoms with Crippen LogP contribution < -0.4 is 0 Å². The molecule has 0 aromatic heterocycles. The van der Waals surface area contributed by atoms with Gasteiger partial charge in [-0.2, -0.15) is 0 Å². The van der Waals surface area contributed by atoms with E-state index < -0.39 is 29.1 Å². The third-order valence-electron chi connectivity index (χ3n) is 3.14. The lowest BCUT2D eigenvalue weighted by molar-refractivity contribution is -0.142. The number of halogens is 2. The summed E-state index contributed by atoms with van der Waals surface area (Å²) < 4.78 is 5.36. The van der Waals surface area contributed by atoms with Gasteiger partial charge < -0.3 is 9.84 Å². The van der Waals surface area contributed by atoms with Crippen molar-refractivity contribution in [3.63, 3.8) is 0 Å². The number of aliphatic carboxylic acids is 1. The molecule has 1 aromatic carbocycles. The second-order valence-corrected chi connectivity index (χ2v) is 7.99. The first-order chi connectivity index (χ1) is 10.6. The molecule has 23 heavy (non-hydrogen) atoms. The molecule has 2 rings (SSSR count). The number of carboxylic acids is 1. The summed E-state index contributed by atoms with van der Waals surface area (Å²) >= 11 is 13.7. The molecule has 0 saturated carbocycles. The summed E-state index contributed by atoms with van der Waals surface area (Å²) in [7, 11) is 0. The Balaban J connectivity index is 2.42. The summed E-state index contributed by atoms with van der Waals surface area (Å²) in [6.07, 6.45) is -0.698. The van der Waals surface area contributed by atoms with Crippen molar-refractivity contribution in [3.8, 4) is 0 Å². The molecular formula is C15H17Cl2NO4S. The number of carbonyl (C=O) groups excluding carboxylic acids is 1. The number of hydrogen-bond donors (Lipinski definition) is 1. The number of hydrogen-bond acceptors (Lipinski definition) is 4. The first kappa shape index (κ1) is 18.2. The van der Waals surface area contributed by atoms with Crippen LogP contribution >= 0.6 is 35.0 Å². The van der Waals surface area contributed by atoms with Gasteiger partial charge in [0, 0.05) is 21.4 Å². The molecule has 1 aliphatic heterocycles. The van der Waals surface area contributed by atoms with Crippen LogP contribution in [0.2, 0.25) is 10.0 Å². The minimum atomic E-state index is -1.09. The highest BCUT2D eigenvalue weighted by Crippen LogP contribution is 2.46. The zero-order chi connectivity index (χ0) is 17.4. The molecule has 1 saturated heterocycles. The Bertz CT molecular complexity index is 612. The van der Waals surface area contributed by atoms with Crippen LogP contribution in [0.5, 0.6) is 0 Å². The van der Waals surface area contributed by atoms with Crippen LogP contribution in [-0.2, 0) is 9.53 Å². The number of benzene rings is 1. The van der Waals surface area contributed by atoms with Gasteiger partial charge in [-0.05, 0) is 32.9 Å². The summed E-state index contributed by atoms with van der Waals surface area (Å²) in [5, 5.41) is 9.57. The molecule has 5 nitrogen and oxygen atoms in total. The Kier molecular flexibility index (Phi) is 5.38. The lowest BCUT2D eigenvalue weighted by Gasteiger charge is -2.31. The van der Waals surface area contributed by atoms with Gasteiger partial charge in [-0.3, -0.25) is 4.90 Å². The molecule has 0 radical (unpaired) electrons. The summed E-state index contributed by atoms with van der Waals surface area (Å²) in [6, 6.07) is 4.02. The Morgan fingerprint density at radius 1 is 1.30 bits per heavy atom. The van der Waals surface area contributed by atoms with Gasteiger partial charge in [0.1, 0.15) is 17.0 Å². The molecule has 1 aromatic rings. The number of amides is 1. The van der Waals surface area contributed by atoms with Crippen molar-refractivity contribution in [2.24, 2.45) is 0 Å². The van der Waals surface area contributed by atoms with Crippen LogP contribution in [0.3, 0.4) is 0 Å². The van der Waals surface area contributed by atoms with Gasteiger partial charge in [-0.15, -0.1) is 11.8 Å². The van der Waals surface area contributed by atoms with Gasteiger partial charge in [0.05, 0.1) is 0 Å². The van der Waals surface area contributed by atoms with E-state index in [1.807, 2.05) is 0 Å². The number of nitrogens with zero attached hydrogens (tertiary/aromatic N) is 1. The lowest BCUT2D eigenvalue weighted by Crippen LogP contribution is -2.45. The smallest absolute Gasteiger partial charge is 0.412 e. The highest BCUT2D eigenvalue weighted by molar-refractivity contribution is 7.99. The third kappa shape index (κ3) is 4.05. The van der Waals surface area contributed by atoms with E-state index in [-0.39, 0.29) is 5.75 Å². The predicted octanol–water partition coefficient (Wildman–Crippen LogP) is 4.43. The number of ether oxygens (including phenoxy) is 1. The van der Waals surface area contributed by atoms with Crippen LogP contribution in [0.4, 0.5) is 4.79 Å². The van der Waals surface area contributed by atoms with Gasteiger partial charge in [0.15, 0.2) is 0 Å². The first-order valence-corrected chi connectivity index (χ1v) is 8.72. The Labute approximate surface area is 148 Å². The summed E-state index contributed by atoms with van der Waals surface area (Å²) in [4.78, 5) is 25.2.